The zero-order valence-electron chi connectivity index (χ0n) is 15.1. The molecule has 0 spiro atoms. The van der Waals surface area contributed by atoms with Crippen molar-refractivity contribution in [2.45, 2.75) is 52.5 Å². The lowest BCUT2D eigenvalue weighted by molar-refractivity contribution is -0.159. The van der Waals surface area contributed by atoms with Crippen molar-refractivity contribution in [1.29, 1.82) is 0 Å². The maximum absolute atomic E-state index is 9.10. The normalized spacial score (nSPS) is 10.8. The SMILES string of the molecule is CC(C)c1cccc(OCCCNC(C)(C)C)c1.O=C(O)C(=O)O. The third-order valence-electron chi connectivity index (χ3n) is 2.95. The van der Waals surface area contributed by atoms with Gasteiger partial charge in [0, 0.05) is 5.54 Å². The largest absolute Gasteiger partial charge is 0.494 e. The Hall–Kier alpha value is -2.08. The molecule has 136 valence electrons. The van der Waals surface area contributed by atoms with Gasteiger partial charge in [0.1, 0.15) is 5.75 Å². The number of carbonyl (C=O) groups is 2. The van der Waals surface area contributed by atoms with E-state index >= 15 is 0 Å². The predicted molar refractivity (Wildman–Crippen MR) is 93.7 cm³/mol. The standard InChI is InChI=1S/C16H27NO.C2H2O4/c1-13(2)14-8-6-9-15(12-14)18-11-7-10-17-16(3,4)5;3-1(4)2(5)6/h6,8-9,12-13,17H,7,10-11H2,1-5H3;(H,3,4)(H,5,6). The van der Waals surface area contributed by atoms with Gasteiger partial charge in [-0.3, -0.25) is 0 Å². The highest BCUT2D eigenvalue weighted by atomic mass is 16.5. The number of hydrogen-bond acceptors (Lipinski definition) is 4. The first kappa shape index (κ1) is 21.9. The van der Waals surface area contributed by atoms with Crippen molar-refractivity contribution in [3.05, 3.63) is 29.8 Å². The second-order valence-corrected chi connectivity index (χ2v) is 6.72. The lowest BCUT2D eigenvalue weighted by Crippen LogP contribution is -2.36. The average molecular weight is 339 g/mol. The third-order valence-corrected chi connectivity index (χ3v) is 2.95. The summed E-state index contributed by atoms with van der Waals surface area (Å²) >= 11 is 0. The quantitative estimate of drug-likeness (QED) is 0.544. The molecule has 0 fully saturated rings. The zero-order chi connectivity index (χ0) is 18.8. The van der Waals surface area contributed by atoms with Crippen molar-refractivity contribution in [2.24, 2.45) is 0 Å². The maximum atomic E-state index is 9.10. The van der Waals surface area contributed by atoms with Crippen LogP contribution < -0.4 is 10.1 Å². The van der Waals surface area contributed by atoms with Crippen LogP contribution in [0.25, 0.3) is 0 Å². The molecule has 24 heavy (non-hydrogen) atoms. The molecule has 6 nitrogen and oxygen atoms in total. The molecule has 1 aromatic carbocycles. The fourth-order valence-corrected chi connectivity index (χ4v) is 1.69. The number of hydrogen-bond donors (Lipinski definition) is 3. The van der Waals surface area contributed by atoms with Crippen molar-refractivity contribution in [3.8, 4) is 5.75 Å². The molecule has 0 aromatic heterocycles. The van der Waals surface area contributed by atoms with Gasteiger partial charge >= 0.3 is 11.9 Å². The van der Waals surface area contributed by atoms with E-state index in [4.69, 9.17) is 24.5 Å². The van der Waals surface area contributed by atoms with E-state index in [9.17, 15) is 0 Å². The Morgan fingerprint density at radius 3 is 2.21 bits per heavy atom. The zero-order valence-corrected chi connectivity index (χ0v) is 15.1. The summed E-state index contributed by atoms with van der Waals surface area (Å²) in [5.41, 5.74) is 1.53. The highest BCUT2D eigenvalue weighted by molar-refractivity contribution is 6.27. The number of benzene rings is 1. The molecular weight excluding hydrogens is 310 g/mol. The summed E-state index contributed by atoms with van der Waals surface area (Å²) in [5.74, 6) is -2.11. The Labute approximate surface area is 143 Å². The van der Waals surface area contributed by atoms with Crippen LogP contribution in [-0.4, -0.2) is 40.8 Å². The molecule has 0 radical (unpaired) electrons. The number of carboxylic acids is 2. The van der Waals surface area contributed by atoms with Crippen LogP contribution in [0.3, 0.4) is 0 Å². The molecule has 0 saturated carbocycles. The summed E-state index contributed by atoms with van der Waals surface area (Å²) in [6.07, 6.45) is 1.03. The van der Waals surface area contributed by atoms with Crippen LogP contribution in [-0.2, 0) is 9.59 Å². The van der Waals surface area contributed by atoms with E-state index in [0.717, 1.165) is 25.3 Å². The van der Waals surface area contributed by atoms with Gasteiger partial charge in [-0.1, -0.05) is 26.0 Å². The Morgan fingerprint density at radius 1 is 1.17 bits per heavy atom. The number of nitrogens with one attached hydrogen (secondary N) is 1. The molecule has 6 heteroatoms. The lowest BCUT2D eigenvalue weighted by atomic mass is 10.0. The second kappa shape index (κ2) is 10.6. The predicted octanol–water partition coefficient (Wildman–Crippen LogP) is 3.12. The molecule has 0 aliphatic carbocycles. The van der Waals surface area contributed by atoms with Crippen molar-refractivity contribution in [3.63, 3.8) is 0 Å². The van der Waals surface area contributed by atoms with Crippen LogP contribution in [0.1, 0.15) is 52.5 Å². The smallest absolute Gasteiger partial charge is 0.414 e. The number of aliphatic carboxylic acids is 2. The van der Waals surface area contributed by atoms with E-state index < -0.39 is 11.9 Å². The lowest BCUT2D eigenvalue weighted by Gasteiger charge is -2.20. The van der Waals surface area contributed by atoms with Crippen molar-refractivity contribution < 1.29 is 24.5 Å². The summed E-state index contributed by atoms with van der Waals surface area (Å²) in [6, 6.07) is 8.39. The van der Waals surface area contributed by atoms with Gasteiger partial charge in [-0.2, -0.15) is 0 Å². The van der Waals surface area contributed by atoms with Gasteiger partial charge < -0.3 is 20.3 Å². The fourth-order valence-electron chi connectivity index (χ4n) is 1.69. The Morgan fingerprint density at radius 2 is 1.75 bits per heavy atom. The summed E-state index contributed by atoms with van der Waals surface area (Å²) < 4.78 is 5.77. The molecule has 0 unspecified atom stereocenters. The molecule has 1 aromatic rings. The van der Waals surface area contributed by atoms with Gasteiger partial charge in [0.15, 0.2) is 0 Å². The summed E-state index contributed by atoms with van der Waals surface area (Å²) in [4.78, 5) is 18.2. The first-order valence-corrected chi connectivity index (χ1v) is 7.97. The molecule has 0 heterocycles. The van der Waals surface area contributed by atoms with Crippen LogP contribution in [0, 0.1) is 0 Å². The molecule has 0 bridgehead atoms. The first-order chi connectivity index (χ1) is 11.0. The summed E-state index contributed by atoms with van der Waals surface area (Å²) in [5, 5.41) is 18.2. The minimum Gasteiger partial charge on any atom is -0.494 e. The van der Waals surface area contributed by atoms with Crippen LogP contribution in [0.2, 0.25) is 0 Å². The Kier molecular flexibility index (Phi) is 9.73. The van der Waals surface area contributed by atoms with Crippen LogP contribution >= 0.6 is 0 Å². The van der Waals surface area contributed by atoms with Crippen molar-refractivity contribution >= 4 is 11.9 Å². The van der Waals surface area contributed by atoms with Crippen LogP contribution in [0.15, 0.2) is 24.3 Å². The molecule has 0 saturated heterocycles. The van der Waals surface area contributed by atoms with Gasteiger partial charge in [-0.15, -0.1) is 0 Å². The minimum absolute atomic E-state index is 0.192. The van der Waals surface area contributed by atoms with E-state index in [-0.39, 0.29) is 5.54 Å². The van der Waals surface area contributed by atoms with Gasteiger partial charge in [0.25, 0.3) is 0 Å². The van der Waals surface area contributed by atoms with E-state index in [0.29, 0.717) is 5.92 Å². The molecule has 3 N–H and O–H groups in total. The minimum atomic E-state index is -1.82. The Bertz CT molecular complexity index is 508. The number of rotatable bonds is 6. The molecule has 0 aliphatic rings. The summed E-state index contributed by atoms with van der Waals surface area (Å²) in [6.45, 7) is 12.7. The summed E-state index contributed by atoms with van der Waals surface area (Å²) in [7, 11) is 0. The van der Waals surface area contributed by atoms with E-state index in [1.807, 2.05) is 6.07 Å². The number of carboxylic acid groups (broad SMARTS) is 2. The van der Waals surface area contributed by atoms with E-state index in [1.54, 1.807) is 0 Å². The van der Waals surface area contributed by atoms with Crippen LogP contribution in [0.4, 0.5) is 0 Å². The van der Waals surface area contributed by atoms with Crippen molar-refractivity contribution in [2.75, 3.05) is 13.2 Å². The van der Waals surface area contributed by atoms with Crippen molar-refractivity contribution in [1.82, 2.24) is 5.32 Å². The fraction of sp³-hybridized carbons (Fsp3) is 0.556. The highest BCUT2D eigenvalue weighted by Gasteiger charge is 2.07. The molecule has 1 rings (SSSR count). The maximum Gasteiger partial charge on any atom is 0.414 e. The Balaban J connectivity index is 0.000000754. The van der Waals surface area contributed by atoms with E-state index in [2.05, 4.69) is 58.1 Å². The van der Waals surface area contributed by atoms with Gasteiger partial charge in [-0.05, 0) is 57.4 Å². The number of ether oxygens (including phenoxy) is 1. The molecule has 0 amide bonds. The van der Waals surface area contributed by atoms with E-state index in [1.165, 1.54) is 5.56 Å². The third kappa shape index (κ3) is 11.5. The average Bonchev–Trinajstić information content (AvgIpc) is 2.46. The first-order valence-electron chi connectivity index (χ1n) is 7.97. The monoisotopic (exact) mass is 339 g/mol. The topological polar surface area (TPSA) is 95.9 Å². The second-order valence-electron chi connectivity index (χ2n) is 6.72. The van der Waals surface area contributed by atoms with Gasteiger partial charge in [0.2, 0.25) is 0 Å². The molecular formula is C18H29NO5. The molecule has 0 aliphatic heterocycles. The van der Waals surface area contributed by atoms with Gasteiger partial charge in [0.05, 0.1) is 6.61 Å². The van der Waals surface area contributed by atoms with Gasteiger partial charge in [-0.25, -0.2) is 9.59 Å². The van der Waals surface area contributed by atoms with Crippen LogP contribution in [0.5, 0.6) is 5.75 Å². The molecule has 0 atom stereocenters. The highest BCUT2D eigenvalue weighted by Crippen LogP contribution is 2.20.